The summed E-state index contributed by atoms with van der Waals surface area (Å²) in [5, 5.41) is 1.64. The van der Waals surface area contributed by atoms with Gasteiger partial charge < -0.3 is 9.97 Å². The van der Waals surface area contributed by atoms with Crippen molar-refractivity contribution in [3.8, 4) is 0 Å². The van der Waals surface area contributed by atoms with Crippen LogP contribution in [0.25, 0.3) is 21.8 Å². The van der Waals surface area contributed by atoms with Gasteiger partial charge >= 0.3 is 0 Å². The maximum Gasteiger partial charge on any atom is 0.260 e. The highest BCUT2D eigenvalue weighted by Gasteiger charge is 2.04. The maximum absolute atomic E-state index is 11.6. The minimum Gasteiger partial charge on any atom is -0.360 e. The molecule has 68 valence electrons. The molecule has 2 aromatic heterocycles. The highest BCUT2D eigenvalue weighted by molar-refractivity contribution is 6.03. The molecule has 2 N–H and O–H groups in total. The number of hydrogen-bond acceptors (Lipinski definition) is 2. The van der Waals surface area contributed by atoms with Gasteiger partial charge in [-0.05, 0) is 12.1 Å². The summed E-state index contributed by atoms with van der Waals surface area (Å²) in [7, 11) is 0. The number of fused-ring (bicyclic) bond motifs is 3. The van der Waals surface area contributed by atoms with Crippen molar-refractivity contribution in [2.24, 2.45) is 0 Å². The van der Waals surface area contributed by atoms with Gasteiger partial charge in [0.05, 0.1) is 22.7 Å². The normalized spacial score (nSPS) is 11.1. The van der Waals surface area contributed by atoms with Crippen molar-refractivity contribution in [2.75, 3.05) is 0 Å². The largest absolute Gasteiger partial charge is 0.360 e. The molecule has 0 bridgehead atoms. The smallest absolute Gasteiger partial charge is 0.260 e. The van der Waals surface area contributed by atoms with Crippen LogP contribution in [0.3, 0.4) is 0 Å². The van der Waals surface area contributed by atoms with E-state index in [2.05, 4.69) is 15.0 Å². The topological polar surface area (TPSA) is 61.5 Å². The number of benzene rings is 1. The number of aromatic amines is 2. The molecule has 0 aliphatic heterocycles. The maximum atomic E-state index is 11.6. The summed E-state index contributed by atoms with van der Waals surface area (Å²) in [6.07, 6.45) is 3.23. The van der Waals surface area contributed by atoms with Crippen LogP contribution in [0.5, 0.6) is 0 Å². The molecule has 4 nitrogen and oxygen atoms in total. The molecule has 0 saturated carbocycles. The standard InChI is InChI=1S/C10H7N3O/c14-10-8-7(12-5-13-10)2-1-6-3-4-11-9(6)8/h1-5,11H,(H,12,13,14). The van der Waals surface area contributed by atoms with Crippen molar-refractivity contribution < 1.29 is 0 Å². The summed E-state index contributed by atoms with van der Waals surface area (Å²) >= 11 is 0. The first-order valence-corrected chi connectivity index (χ1v) is 4.30. The van der Waals surface area contributed by atoms with Crippen LogP contribution in [0.2, 0.25) is 0 Å². The molecule has 0 aliphatic carbocycles. The molecule has 0 atom stereocenters. The van der Waals surface area contributed by atoms with E-state index in [-0.39, 0.29) is 5.56 Å². The van der Waals surface area contributed by atoms with Crippen molar-refractivity contribution in [1.29, 1.82) is 0 Å². The number of hydrogen-bond donors (Lipinski definition) is 2. The second kappa shape index (κ2) is 2.45. The molecule has 0 aliphatic rings. The van der Waals surface area contributed by atoms with Gasteiger partial charge in [-0.25, -0.2) is 4.98 Å². The lowest BCUT2D eigenvalue weighted by Crippen LogP contribution is -2.06. The molecular weight excluding hydrogens is 178 g/mol. The minimum absolute atomic E-state index is 0.108. The Labute approximate surface area is 78.6 Å². The number of rotatable bonds is 0. The zero-order valence-electron chi connectivity index (χ0n) is 7.24. The lowest BCUT2D eigenvalue weighted by Gasteiger charge is -1.96. The van der Waals surface area contributed by atoms with Crippen molar-refractivity contribution in [2.45, 2.75) is 0 Å². The average molecular weight is 185 g/mol. The van der Waals surface area contributed by atoms with Gasteiger partial charge in [0, 0.05) is 11.6 Å². The van der Waals surface area contributed by atoms with E-state index in [1.165, 1.54) is 6.33 Å². The van der Waals surface area contributed by atoms with E-state index in [0.29, 0.717) is 10.9 Å². The van der Waals surface area contributed by atoms with E-state index >= 15 is 0 Å². The van der Waals surface area contributed by atoms with Crippen molar-refractivity contribution in [3.63, 3.8) is 0 Å². The van der Waals surface area contributed by atoms with E-state index in [0.717, 1.165) is 10.9 Å². The molecule has 1 aromatic carbocycles. The second-order valence-corrected chi connectivity index (χ2v) is 3.13. The van der Waals surface area contributed by atoms with Gasteiger partial charge in [0.25, 0.3) is 5.56 Å². The fourth-order valence-corrected chi connectivity index (χ4v) is 1.69. The molecule has 14 heavy (non-hydrogen) atoms. The van der Waals surface area contributed by atoms with E-state index in [1.54, 1.807) is 0 Å². The summed E-state index contributed by atoms with van der Waals surface area (Å²) in [6.45, 7) is 0. The van der Waals surface area contributed by atoms with E-state index < -0.39 is 0 Å². The van der Waals surface area contributed by atoms with Crippen LogP contribution in [0.4, 0.5) is 0 Å². The van der Waals surface area contributed by atoms with E-state index in [9.17, 15) is 4.79 Å². The first kappa shape index (κ1) is 7.32. The fourth-order valence-electron chi connectivity index (χ4n) is 1.69. The molecule has 0 fully saturated rings. The Kier molecular flexibility index (Phi) is 1.28. The highest BCUT2D eigenvalue weighted by atomic mass is 16.1. The molecule has 2 heterocycles. The van der Waals surface area contributed by atoms with Crippen LogP contribution in [-0.2, 0) is 0 Å². The molecule has 0 saturated heterocycles. The zero-order valence-corrected chi connectivity index (χ0v) is 7.24. The van der Waals surface area contributed by atoms with Crippen LogP contribution in [0, 0.1) is 0 Å². The van der Waals surface area contributed by atoms with Crippen LogP contribution in [0.15, 0.2) is 35.5 Å². The molecule has 0 unspecified atom stereocenters. The van der Waals surface area contributed by atoms with Crippen LogP contribution in [0.1, 0.15) is 0 Å². The van der Waals surface area contributed by atoms with E-state index in [1.807, 2.05) is 24.4 Å². The second-order valence-electron chi connectivity index (χ2n) is 3.13. The Morgan fingerprint density at radius 3 is 3.00 bits per heavy atom. The van der Waals surface area contributed by atoms with E-state index in [4.69, 9.17) is 0 Å². The van der Waals surface area contributed by atoms with Crippen LogP contribution in [-0.4, -0.2) is 15.0 Å². The molecule has 4 heteroatoms. The minimum atomic E-state index is -0.108. The zero-order chi connectivity index (χ0) is 9.54. The molecule has 0 spiro atoms. The van der Waals surface area contributed by atoms with Crippen molar-refractivity contribution >= 4 is 21.8 Å². The summed E-state index contributed by atoms with van der Waals surface area (Å²) in [5.41, 5.74) is 1.45. The molecule has 0 radical (unpaired) electrons. The van der Waals surface area contributed by atoms with Gasteiger partial charge in [-0.2, -0.15) is 0 Å². The Balaban J connectivity index is 2.74. The van der Waals surface area contributed by atoms with Crippen molar-refractivity contribution in [3.05, 3.63) is 41.1 Å². The Bertz CT molecular complexity index is 665. The summed E-state index contributed by atoms with van der Waals surface area (Å²) < 4.78 is 0. The fraction of sp³-hybridized carbons (Fsp3) is 0. The lowest BCUT2D eigenvalue weighted by atomic mass is 10.2. The first-order valence-electron chi connectivity index (χ1n) is 4.30. The van der Waals surface area contributed by atoms with Gasteiger partial charge in [-0.3, -0.25) is 4.79 Å². The third kappa shape index (κ3) is 0.821. The number of nitrogens with zero attached hydrogens (tertiary/aromatic N) is 1. The Hall–Kier alpha value is -2.10. The molecule has 3 rings (SSSR count). The highest BCUT2D eigenvalue weighted by Crippen LogP contribution is 2.18. The quantitative estimate of drug-likeness (QED) is 0.556. The van der Waals surface area contributed by atoms with Crippen molar-refractivity contribution in [1.82, 2.24) is 15.0 Å². The summed E-state index contributed by atoms with van der Waals surface area (Å²) in [6, 6.07) is 5.72. The molecule has 0 amide bonds. The average Bonchev–Trinajstić information content (AvgIpc) is 2.65. The SMILES string of the molecule is O=c1[nH]cnc2ccc3cc[nH]c3c12. The third-order valence-corrected chi connectivity index (χ3v) is 2.33. The van der Waals surface area contributed by atoms with Gasteiger partial charge in [0.15, 0.2) is 0 Å². The van der Waals surface area contributed by atoms with Gasteiger partial charge in [0.1, 0.15) is 0 Å². The summed E-state index contributed by atoms with van der Waals surface area (Å²) in [4.78, 5) is 21.3. The first-order chi connectivity index (χ1) is 6.86. The van der Waals surface area contributed by atoms with Gasteiger partial charge in [-0.15, -0.1) is 0 Å². The lowest BCUT2D eigenvalue weighted by molar-refractivity contribution is 1.17. The number of nitrogens with one attached hydrogen (secondary N) is 2. The Morgan fingerprint density at radius 2 is 2.07 bits per heavy atom. The predicted octanol–water partition coefficient (Wildman–Crippen LogP) is 1.40. The monoisotopic (exact) mass is 185 g/mol. The summed E-state index contributed by atoms with van der Waals surface area (Å²) in [5.74, 6) is 0. The third-order valence-electron chi connectivity index (χ3n) is 2.33. The molecule has 3 aromatic rings. The number of aromatic nitrogens is 3. The van der Waals surface area contributed by atoms with Gasteiger partial charge in [0.2, 0.25) is 0 Å². The predicted molar refractivity (Wildman–Crippen MR) is 54.2 cm³/mol. The molecular formula is C10H7N3O. The van der Waals surface area contributed by atoms with Crippen LogP contribution < -0.4 is 5.56 Å². The van der Waals surface area contributed by atoms with Crippen LogP contribution >= 0.6 is 0 Å². The Morgan fingerprint density at radius 1 is 1.14 bits per heavy atom. The number of H-pyrrole nitrogens is 2. The van der Waals surface area contributed by atoms with Gasteiger partial charge in [-0.1, -0.05) is 6.07 Å².